The van der Waals surface area contributed by atoms with E-state index in [1.807, 2.05) is 67.6 Å². The number of para-hydroxylation sites is 1. The van der Waals surface area contributed by atoms with Crippen LogP contribution in [0.15, 0.2) is 72.9 Å². The van der Waals surface area contributed by atoms with Gasteiger partial charge in [0.25, 0.3) is 5.91 Å². The molecule has 5 nitrogen and oxygen atoms in total. The fourth-order valence-electron chi connectivity index (χ4n) is 3.55. The Labute approximate surface area is 168 Å². The van der Waals surface area contributed by atoms with Gasteiger partial charge in [-0.25, -0.2) is 4.79 Å². The van der Waals surface area contributed by atoms with Crippen molar-refractivity contribution in [3.8, 4) is 5.75 Å². The van der Waals surface area contributed by atoms with E-state index in [-0.39, 0.29) is 5.91 Å². The first-order chi connectivity index (χ1) is 14.1. The van der Waals surface area contributed by atoms with Gasteiger partial charge in [-0.05, 0) is 23.9 Å². The van der Waals surface area contributed by atoms with Crippen molar-refractivity contribution in [1.29, 1.82) is 0 Å². The van der Waals surface area contributed by atoms with E-state index in [1.54, 1.807) is 6.07 Å². The first kappa shape index (κ1) is 18.7. The highest BCUT2D eigenvalue weighted by Crippen LogP contribution is 2.28. The number of carbonyl (C=O) groups excluding carboxylic acids is 2. The molecule has 0 saturated heterocycles. The zero-order valence-electron chi connectivity index (χ0n) is 16.3. The Morgan fingerprint density at radius 1 is 0.931 bits per heavy atom. The summed E-state index contributed by atoms with van der Waals surface area (Å²) in [5, 5.41) is 2.67. The third kappa shape index (κ3) is 3.36. The van der Waals surface area contributed by atoms with Gasteiger partial charge in [-0.2, -0.15) is 0 Å². The Hall–Kier alpha value is -3.60. The van der Waals surface area contributed by atoms with Crippen LogP contribution >= 0.6 is 0 Å². The number of fused-ring (bicyclic) bond motifs is 2. The molecule has 4 rings (SSSR count). The largest absolute Gasteiger partial charge is 0.480 e. The van der Waals surface area contributed by atoms with E-state index in [0.29, 0.717) is 28.6 Å². The number of hydrogen-bond donors (Lipinski definition) is 0. The zero-order chi connectivity index (χ0) is 20.4. The molecule has 0 bridgehead atoms. The Kier molecular flexibility index (Phi) is 5.04. The summed E-state index contributed by atoms with van der Waals surface area (Å²) in [5.74, 6) is -0.0458. The average Bonchev–Trinajstić information content (AvgIpc) is 3.16. The minimum absolute atomic E-state index is 0.230. The zero-order valence-corrected chi connectivity index (χ0v) is 16.3. The molecule has 29 heavy (non-hydrogen) atoms. The summed E-state index contributed by atoms with van der Waals surface area (Å²) >= 11 is 0. The maximum absolute atomic E-state index is 13.3. The molecule has 0 saturated carbocycles. The van der Waals surface area contributed by atoms with Crippen LogP contribution in [0.1, 0.15) is 28.5 Å². The first-order valence-electron chi connectivity index (χ1n) is 9.51. The van der Waals surface area contributed by atoms with E-state index < -0.39 is 12.1 Å². The summed E-state index contributed by atoms with van der Waals surface area (Å²) < 4.78 is 12.5. The number of rotatable bonds is 5. The van der Waals surface area contributed by atoms with Crippen LogP contribution in [0.5, 0.6) is 5.75 Å². The molecule has 1 aromatic heterocycles. The van der Waals surface area contributed by atoms with Crippen molar-refractivity contribution in [2.75, 3.05) is 7.11 Å². The molecule has 0 aliphatic rings. The van der Waals surface area contributed by atoms with E-state index >= 15 is 0 Å². The molecular weight excluding hydrogens is 366 g/mol. The molecule has 3 aromatic carbocycles. The number of ether oxygens (including phenoxy) is 2. The van der Waals surface area contributed by atoms with Crippen LogP contribution in [0.25, 0.3) is 21.7 Å². The lowest BCUT2D eigenvalue weighted by Gasteiger charge is -2.18. The van der Waals surface area contributed by atoms with Gasteiger partial charge < -0.3 is 9.47 Å². The highest BCUT2D eigenvalue weighted by atomic mass is 16.5. The van der Waals surface area contributed by atoms with Crippen LogP contribution in [0.4, 0.5) is 0 Å². The van der Waals surface area contributed by atoms with Crippen LogP contribution in [0.3, 0.4) is 0 Å². The van der Waals surface area contributed by atoms with Crippen LogP contribution in [0.2, 0.25) is 0 Å². The molecule has 0 amide bonds. The van der Waals surface area contributed by atoms with E-state index in [2.05, 4.69) is 0 Å². The third-order valence-corrected chi connectivity index (χ3v) is 5.02. The second-order valence-corrected chi connectivity index (χ2v) is 6.75. The van der Waals surface area contributed by atoms with Crippen molar-refractivity contribution in [3.63, 3.8) is 0 Å². The van der Waals surface area contributed by atoms with Gasteiger partial charge in [0.05, 0.1) is 18.2 Å². The Bertz CT molecular complexity index is 1200. The van der Waals surface area contributed by atoms with E-state index in [9.17, 15) is 9.59 Å². The maximum atomic E-state index is 13.3. The SMILES string of the molecule is CCC(Oc1cccc2ccccc12)C(=O)n1cc(C(=O)OC)c2ccccc21. The molecule has 0 N–H and O–H groups in total. The van der Waals surface area contributed by atoms with Gasteiger partial charge in [0.2, 0.25) is 0 Å². The van der Waals surface area contributed by atoms with Crippen molar-refractivity contribution >= 4 is 33.6 Å². The summed E-state index contributed by atoms with van der Waals surface area (Å²) in [6.07, 6.45) is 1.33. The first-order valence-corrected chi connectivity index (χ1v) is 9.51. The number of carbonyl (C=O) groups is 2. The van der Waals surface area contributed by atoms with Gasteiger partial charge >= 0.3 is 5.97 Å². The summed E-state index contributed by atoms with van der Waals surface area (Å²) in [7, 11) is 1.33. The summed E-state index contributed by atoms with van der Waals surface area (Å²) in [4.78, 5) is 25.5. The van der Waals surface area contributed by atoms with Crippen molar-refractivity contribution in [2.24, 2.45) is 0 Å². The number of benzene rings is 3. The fraction of sp³-hybridized carbons (Fsp3) is 0.167. The van der Waals surface area contributed by atoms with Gasteiger partial charge in [-0.15, -0.1) is 0 Å². The molecule has 0 spiro atoms. The number of aromatic nitrogens is 1. The Balaban J connectivity index is 1.74. The van der Waals surface area contributed by atoms with Crippen LogP contribution < -0.4 is 4.74 Å². The predicted molar refractivity (Wildman–Crippen MR) is 113 cm³/mol. The van der Waals surface area contributed by atoms with E-state index in [0.717, 1.165) is 10.8 Å². The molecule has 0 aliphatic carbocycles. The van der Waals surface area contributed by atoms with Gasteiger partial charge in [0, 0.05) is 17.0 Å². The van der Waals surface area contributed by atoms with Gasteiger partial charge in [0.15, 0.2) is 6.10 Å². The summed E-state index contributed by atoms with van der Waals surface area (Å²) in [6.45, 7) is 1.90. The topological polar surface area (TPSA) is 57.5 Å². The lowest BCUT2D eigenvalue weighted by molar-refractivity contribution is 0.0602. The van der Waals surface area contributed by atoms with Crippen LogP contribution in [-0.2, 0) is 4.74 Å². The molecule has 0 fully saturated rings. The smallest absolute Gasteiger partial charge is 0.340 e. The Morgan fingerprint density at radius 2 is 1.62 bits per heavy atom. The molecule has 5 heteroatoms. The van der Waals surface area contributed by atoms with Crippen LogP contribution in [-0.4, -0.2) is 29.7 Å². The van der Waals surface area contributed by atoms with E-state index in [1.165, 1.54) is 17.9 Å². The number of nitrogens with zero attached hydrogens (tertiary/aromatic N) is 1. The molecule has 1 unspecified atom stereocenters. The third-order valence-electron chi connectivity index (χ3n) is 5.02. The second-order valence-electron chi connectivity index (χ2n) is 6.75. The number of esters is 1. The van der Waals surface area contributed by atoms with Crippen LogP contribution in [0, 0.1) is 0 Å². The molecule has 4 aromatic rings. The molecule has 1 heterocycles. The van der Waals surface area contributed by atoms with Crippen molar-refractivity contribution in [3.05, 3.63) is 78.5 Å². The van der Waals surface area contributed by atoms with Crippen molar-refractivity contribution in [1.82, 2.24) is 4.57 Å². The summed E-state index contributed by atoms with van der Waals surface area (Å²) in [5.41, 5.74) is 1.01. The van der Waals surface area contributed by atoms with Crippen molar-refractivity contribution < 1.29 is 19.1 Å². The predicted octanol–water partition coefficient (Wildman–Crippen LogP) is 5.08. The standard InChI is InChI=1S/C24H21NO4/c1-3-21(29-22-14-8-10-16-9-4-5-11-17(16)22)23(26)25-15-19(24(27)28-2)18-12-6-7-13-20(18)25/h4-15,21H,3H2,1-2H3. The monoisotopic (exact) mass is 387 g/mol. The molecule has 1 atom stereocenters. The number of hydrogen-bond acceptors (Lipinski definition) is 4. The van der Waals surface area contributed by atoms with Crippen molar-refractivity contribution in [2.45, 2.75) is 19.4 Å². The highest BCUT2D eigenvalue weighted by Gasteiger charge is 2.25. The average molecular weight is 387 g/mol. The molecule has 0 radical (unpaired) electrons. The minimum atomic E-state index is -0.692. The quantitative estimate of drug-likeness (QED) is 0.448. The fourth-order valence-corrected chi connectivity index (χ4v) is 3.55. The lowest BCUT2D eigenvalue weighted by atomic mass is 10.1. The normalized spacial score (nSPS) is 12.1. The molecule has 0 aliphatic heterocycles. The molecule has 146 valence electrons. The Morgan fingerprint density at radius 3 is 2.38 bits per heavy atom. The molecular formula is C24H21NO4. The van der Waals surface area contributed by atoms with Gasteiger partial charge in [-0.1, -0.05) is 61.5 Å². The highest BCUT2D eigenvalue weighted by molar-refractivity contribution is 6.07. The van der Waals surface area contributed by atoms with E-state index in [4.69, 9.17) is 9.47 Å². The number of methoxy groups -OCH3 is 1. The lowest BCUT2D eigenvalue weighted by Crippen LogP contribution is -2.31. The van der Waals surface area contributed by atoms with Gasteiger partial charge in [0.1, 0.15) is 5.75 Å². The minimum Gasteiger partial charge on any atom is -0.480 e. The maximum Gasteiger partial charge on any atom is 0.340 e. The second kappa shape index (κ2) is 7.80. The van der Waals surface area contributed by atoms with Gasteiger partial charge in [-0.3, -0.25) is 9.36 Å². The summed E-state index contributed by atoms with van der Waals surface area (Å²) in [6, 6.07) is 21.0.